The van der Waals surface area contributed by atoms with Crippen LogP contribution >= 0.6 is 0 Å². The Bertz CT molecular complexity index is 229. The molecule has 1 aromatic heterocycles. The average molecular weight is 128 g/mol. The molecule has 3 N–H and O–H groups in total. The van der Waals surface area contributed by atoms with Crippen LogP contribution in [0.4, 0.5) is 0 Å². The zero-order chi connectivity index (χ0) is 6.85. The Balaban J connectivity index is 3.08. The first-order valence-electron chi connectivity index (χ1n) is 2.10. The lowest BCUT2D eigenvalue weighted by molar-refractivity contribution is 0.0680. The van der Waals surface area contributed by atoms with Gasteiger partial charge in [-0.1, -0.05) is 0 Å². The molecule has 0 atom stereocenters. The van der Waals surface area contributed by atoms with E-state index >= 15 is 0 Å². The van der Waals surface area contributed by atoms with Gasteiger partial charge in [-0.3, -0.25) is 0 Å². The van der Waals surface area contributed by atoms with Gasteiger partial charge in [0.05, 0.1) is 0 Å². The van der Waals surface area contributed by atoms with Gasteiger partial charge in [0, 0.05) is 0 Å². The van der Waals surface area contributed by atoms with E-state index in [1.807, 2.05) is 0 Å². The second-order valence-electron chi connectivity index (χ2n) is 1.37. The van der Waals surface area contributed by atoms with Gasteiger partial charge in [0.2, 0.25) is 0 Å². The van der Waals surface area contributed by atoms with Gasteiger partial charge in [-0.05, 0) is 0 Å². The summed E-state index contributed by atoms with van der Waals surface area (Å²) in [5.74, 6) is 3.60. The molecule has 1 heterocycles. The van der Waals surface area contributed by atoms with E-state index in [0.717, 1.165) is 11.0 Å². The number of carboxylic acids is 1. The van der Waals surface area contributed by atoms with Crippen molar-refractivity contribution >= 4 is 5.97 Å². The summed E-state index contributed by atoms with van der Waals surface area (Å²) in [6, 6.07) is 0. The molecule has 0 radical (unpaired) electrons. The normalized spacial score (nSPS) is 9.33. The van der Waals surface area contributed by atoms with E-state index in [-0.39, 0.29) is 5.82 Å². The summed E-state index contributed by atoms with van der Waals surface area (Å²) in [4.78, 5) is 10.1. The molecule has 0 saturated heterocycles. The molecule has 48 valence electrons. The van der Waals surface area contributed by atoms with E-state index in [1.54, 1.807) is 0 Å². The van der Waals surface area contributed by atoms with Crippen molar-refractivity contribution in [2.24, 2.45) is 0 Å². The van der Waals surface area contributed by atoms with Gasteiger partial charge < -0.3 is 10.9 Å². The second kappa shape index (κ2) is 1.73. The Hall–Kier alpha value is -1.59. The summed E-state index contributed by atoms with van der Waals surface area (Å²) in [6.07, 6.45) is 1.11. The van der Waals surface area contributed by atoms with Gasteiger partial charge in [0.25, 0.3) is 5.82 Å². The van der Waals surface area contributed by atoms with E-state index in [2.05, 4.69) is 10.2 Å². The van der Waals surface area contributed by atoms with Crippen LogP contribution in [0, 0.1) is 0 Å². The largest absolute Gasteiger partial charge is 0.475 e. The average Bonchev–Trinajstić information content (AvgIpc) is 2.13. The highest BCUT2D eigenvalue weighted by atomic mass is 16.4. The first kappa shape index (κ1) is 5.54. The maximum atomic E-state index is 10.1. The zero-order valence-electron chi connectivity index (χ0n) is 4.35. The van der Waals surface area contributed by atoms with Crippen molar-refractivity contribution in [1.82, 2.24) is 14.9 Å². The maximum Gasteiger partial charge on any atom is 0.375 e. The molecule has 0 aliphatic carbocycles. The van der Waals surface area contributed by atoms with Crippen LogP contribution in [0.1, 0.15) is 10.6 Å². The Morgan fingerprint density at radius 2 is 2.56 bits per heavy atom. The van der Waals surface area contributed by atoms with Crippen molar-refractivity contribution < 1.29 is 9.90 Å². The number of hydrogen-bond acceptors (Lipinski definition) is 4. The van der Waals surface area contributed by atoms with Gasteiger partial charge in [0.1, 0.15) is 6.33 Å². The highest BCUT2D eigenvalue weighted by Gasteiger charge is 2.08. The summed E-state index contributed by atoms with van der Waals surface area (Å²) in [6.45, 7) is 0. The van der Waals surface area contributed by atoms with E-state index in [9.17, 15) is 4.79 Å². The number of nitrogen functional groups attached to an aromatic ring is 1. The van der Waals surface area contributed by atoms with E-state index < -0.39 is 5.97 Å². The Morgan fingerprint density at radius 3 is 2.78 bits per heavy atom. The molecule has 0 aromatic carbocycles. The minimum atomic E-state index is -1.19. The molecule has 9 heavy (non-hydrogen) atoms. The van der Waals surface area contributed by atoms with Crippen LogP contribution in [0.5, 0.6) is 0 Å². The minimum Gasteiger partial charge on any atom is -0.475 e. The van der Waals surface area contributed by atoms with Gasteiger partial charge in [0.15, 0.2) is 0 Å². The van der Waals surface area contributed by atoms with Crippen molar-refractivity contribution in [3.8, 4) is 0 Å². The molecule has 0 spiro atoms. The quantitative estimate of drug-likeness (QED) is 0.458. The molecular weight excluding hydrogens is 124 g/mol. The number of nitrogens with zero attached hydrogens (tertiary/aromatic N) is 3. The third-order valence-corrected chi connectivity index (χ3v) is 0.764. The molecule has 0 amide bonds. The fourth-order valence-corrected chi connectivity index (χ4v) is 0.396. The lowest BCUT2D eigenvalue weighted by Crippen LogP contribution is -2.15. The molecule has 0 fully saturated rings. The van der Waals surface area contributed by atoms with Crippen LogP contribution in [0.3, 0.4) is 0 Å². The number of nitrogens with two attached hydrogens (primary N) is 1. The molecule has 1 aromatic rings. The smallest absolute Gasteiger partial charge is 0.375 e. The number of carbonyl (C=O) groups is 1. The highest BCUT2D eigenvalue weighted by Crippen LogP contribution is 1.85. The summed E-state index contributed by atoms with van der Waals surface area (Å²) in [7, 11) is 0. The summed E-state index contributed by atoms with van der Waals surface area (Å²) < 4.78 is 0.836. The maximum absolute atomic E-state index is 10.1. The van der Waals surface area contributed by atoms with Gasteiger partial charge in [-0.2, -0.15) is 0 Å². The molecule has 0 unspecified atom stereocenters. The van der Waals surface area contributed by atoms with Gasteiger partial charge >= 0.3 is 5.97 Å². The van der Waals surface area contributed by atoms with Crippen LogP contribution < -0.4 is 5.84 Å². The fraction of sp³-hybridized carbons (Fsp3) is 0. The van der Waals surface area contributed by atoms with Crippen LogP contribution in [0.25, 0.3) is 0 Å². The van der Waals surface area contributed by atoms with Crippen LogP contribution in [-0.4, -0.2) is 25.9 Å². The molecule has 1 rings (SSSR count). The second-order valence-corrected chi connectivity index (χ2v) is 1.37. The van der Waals surface area contributed by atoms with E-state index in [0.29, 0.717) is 0 Å². The predicted octanol–water partition coefficient (Wildman–Crippen LogP) is -1.31. The monoisotopic (exact) mass is 128 g/mol. The van der Waals surface area contributed by atoms with E-state index in [1.165, 1.54) is 0 Å². The lowest BCUT2D eigenvalue weighted by Gasteiger charge is -1.89. The van der Waals surface area contributed by atoms with Crippen molar-refractivity contribution in [1.29, 1.82) is 0 Å². The number of rotatable bonds is 1. The predicted molar refractivity (Wildman–Crippen MR) is 27.1 cm³/mol. The Labute approximate surface area is 49.9 Å². The van der Waals surface area contributed by atoms with E-state index in [4.69, 9.17) is 10.9 Å². The summed E-state index contributed by atoms with van der Waals surface area (Å²) >= 11 is 0. The first-order valence-corrected chi connectivity index (χ1v) is 2.10. The lowest BCUT2D eigenvalue weighted by atomic mass is 10.6. The standard InChI is InChI=1S/C3H4N4O2/c4-7-1-5-6-2(7)3(8)9/h1H,4H2,(H,8,9). The molecule has 0 aliphatic heterocycles. The Kier molecular flexibility index (Phi) is 1.07. The molecule has 6 nitrogen and oxygen atoms in total. The third kappa shape index (κ3) is 0.809. The molecule has 0 aliphatic rings. The van der Waals surface area contributed by atoms with Crippen LogP contribution in [-0.2, 0) is 0 Å². The SMILES string of the molecule is Nn1cnnc1C(=O)O. The summed E-state index contributed by atoms with van der Waals surface area (Å²) in [5, 5.41) is 14.7. The van der Waals surface area contributed by atoms with Crippen molar-refractivity contribution in [2.75, 3.05) is 5.84 Å². The summed E-state index contributed by atoms with van der Waals surface area (Å²) in [5.41, 5.74) is 0. The number of hydrogen-bond donors (Lipinski definition) is 2. The number of aromatic carboxylic acids is 1. The number of aromatic nitrogens is 3. The van der Waals surface area contributed by atoms with Crippen molar-refractivity contribution in [2.45, 2.75) is 0 Å². The third-order valence-electron chi connectivity index (χ3n) is 0.764. The fourth-order valence-electron chi connectivity index (χ4n) is 0.396. The molecular formula is C3H4N4O2. The van der Waals surface area contributed by atoms with Crippen LogP contribution in [0.15, 0.2) is 6.33 Å². The van der Waals surface area contributed by atoms with Crippen LogP contribution in [0.2, 0.25) is 0 Å². The van der Waals surface area contributed by atoms with Crippen molar-refractivity contribution in [3.05, 3.63) is 12.2 Å². The molecule has 0 saturated carbocycles. The minimum absolute atomic E-state index is 0.269. The number of carboxylic acid groups (broad SMARTS) is 1. The highest BCUT2D eigenvalue weighted by molar-refractivity contribution is 5.83. The van der Waals surface area contributed by atoms with Gasteiger partial charge in [-0.25, -0.2) is 9.47 Å². The van der Waals surface area contributed by atoms with Crippen molar-refractivity contribution in [3.63, 3.8) is 0 Å². The zero-order valence-corrected chi connectivity index (χ0v) is 4.35. The molecule has 0 bridgehead atoms. The molecule has 6 heteroatoms. The Morgan fingerprint density at radius 1 is 1.89 bits per heavy atom. The first-order chi connectivity index (χ1) is 4.22. The van der Waals surface area contributed by atoms with Gasteiger partial charge in [-0.15, -0.1) is 10.2 Å². The topological polar surface area (TPSA) is 94.0 Å².